The van der Waals surface area contributed by atoms with Crippen molar-refractivity contribution >= 4 is 45.5 Å². The van der Waals surface area contributed by atoms with Crippen molar-refractivity contribution in [1.29, 1.82) is 0 Å². The highest BCUT2D eigenvalue weighted by atomic mass is 35.5. The molecule has 8 bridgehead atoms. The Kier molecular flexibility index (Phi) is 17.2. The molecule has 0 radical (unpaired) electrons. The lowest BCUT2D eigenvalue weighted by atomic mass is 9.78. The van der Waals surface area contributed by atoms with Gasteiger partial charge in [0.1, 0.15) is 0 Å². The second-order valence-corrected chi connectivity index (χ2v) is 28.7. The van der Waals surface area contributed by atoms with Gasteiger partial charge in [0.25, 0.3) is 0 Å². The molecular formula is C62H98Cl2N6O4+2. The molecule has 0 spiro atoms. The van der Waals surface area contributed by atoms with Gasteiger partial charge in [-0.25, -0.2) is 0 Å². The number of carbonyl (C=O) groups excluding carboxylic acids is 4. The molecule has 0 N–H and O–H groups in total. The molecule has 12 heteroatoms. The van der Waals surface area contributed by atoms with E-state index in [9.17, 15) is 19.2 Å². The number of fused-ring (bicyclic) bond motifs is 8. The Bertz CT molecular complexity index is 1900. The lowest BCUT2D eigenvalue weighted by Gasteiger charge is -2.41. The van der Waals surface area contributed by atoms with Crippen LogP contribution in [0.5, 0.6) is 0 Å². The third-order valence-corrected chi connectivity index (χ3v) is 23.8. The minimum absolute atomic E-state index is 0.0776. The van der Waals surface area contributed by atoms with Crippen LogP contribution < -0.4 is 0 Å². The molecule has 6 saturated heterocycles. The number of amides is 2. The first-order valence-electron chi connectivity index (χ1n) is 31.3. The van der Waals surface area contributed by atoms with Crippen molar-refractivity contribution in [2.24, 2.45) is 94.7 Å². The van der Waals surface area contributed by atoms with E-state index < -0.39 is 10.5 Å². The van der Waals surface area contributed by atoms with Crippen LogP contribution in [0.2, 0.25) is 0 Å². The molecule has 0 aromatic rings. The zero-order chi connectivity index (χ0) is 51.1. The first kappa shape index (κ1) is 54.2. The van der Waals surface area contributed by atoms with E-state index in [4.69, 9.17) is 23.2 Å². The molecule has 6 aliphatic heterocycles. The van der Waals surface area contributed by atoms with E-state index in [1.807, 2.05) is 22.0 Å². The monoisotopic (exact) mass is 1060 g/mol. The minimum atomic E-state index is -0.434. The van der Waals surface area contributed by atoms with Crippen LogP contribution >= 0.6 is 23.2 Å². The van der Waals surface area contributed by atoms with Gasteiger partial charge in [-0.2, -0.15) is 0 Å². The van der Waals surface area contributed by atoms with Crippen molar-refractivity contribution < 1.29 is 28.1 Å². The van der Waals surface area contributed by atoms with Gasteiger partial charge in [0.05, 0.1) is 77.0 Å². The topological polar surface area (TPSA) is 81.2 Å². The standard InChI is InChI=1S/C19H36N2.C17H24N2O2.C17H30N2.C9H8Cl2O2/c1-20(9-3-4-10-20)14-18-16-7-8-17(13-16)19(18)15-21(2)11-5-6-12-21;20-16(18-7-1-2-8-18)14-12-5-6-13(11-12)15(14)17(21)19-9-3-4-10-19;1-2-8-18(7-1)12-16-14-5-6-15(11-14)17(16)13-19-9-3-4-10-19;10-8(12)6-4-1-2-5(3-4)7(6)9(11)13/h16-19H,3-15H2,1-2H3;5-6,12-15H,1-4,7-11H2;14-17H,1-13H2;1-2,4-7H,3H2/q+2;;;. The fraction of sp³-hybridized carbons (Fsp3) is 0.871. The van der Waals surface area contributed by atoms with Gasteiger partial charge in [-0.15, -0.1) is 0 Å². The highest BCUT2D eigenvalue weighted by Gasteiger charge is 2.56. The summed E-state index contributed by atoms with van der Waals surface area (Å²) in [6.45, 7) is 20.9. The summed E-state index contributed by atoms with van der Waals surface area (Å²) in [7, 11) is 5.12. The molecule has 0 aromatic carbocycles. The quantitative estimate of drug-likeness (QED) is 0.110. The minimum Gasteiger partial charge on any atom is -0.342 e. The van der Waals surface area contributed by atoms with Gasteiger partial charge >= 0.3 is 0 Å². The van der Waals surface area contributed by atoms with E-state index in [0.29, 0.717) is 11.8 Å². The summed E-state index contributed by atoms with van der Waals surface area (Å²) >= 11 is 10.9. The van der Waals surface area contributed by atoms with Crippen LogP contribution in [0.15, 0.2) is 24.3 Å². The SMILES string of the molecule is C1CCN(CC2C3CCC(C3)C2CN2CCCC2)C1.C[N+]1(CC2C3CCC(C3)C2C[N+]2(C)CCCC2)CCCC1.O=C(C1C2C=CC(C2)C1C(=O)N1CCCC1)N1CCCC1.O=C(Cl)C1C2C=CC(C2)C1C(=O)Cl. The van der Waals surface area contributed by atoms with Gasteiger partial charge in [-0.3, -0.25) is 19.2 Å². The number of rotatable bonds is 12. The average molecular weight is 1060 g/mol. The number of halogens is 2. The molecule has 12 fully saturated rings. The number of quaternary nitrogens is 2. The van der Waals surface area contributed by atoms with Crippen LogP contribution in [0.3, 0.4) is 0 Å². The van der Waals surface area contributed by atoms with E-state index in [0.717, 1.165) is 112 Å². The number of likely N-dealkylation sites (tertiary alicyclic amines) is 6. The molecule has 0 aromatic heterocycles. The zero-order valence-electron chi connectivity index (χ0n) is 46.1. The fourth-order valence-electron chi connectivity index (χ4n) is 19.5. The van der Waals surface area contributed by atoms with Crippen molar-refractivity contribution in [1.82, 2.24) is 19.6 Å². The Morgan fingerprint density at radius 3 is 1.03 bits per heavy atom. The van der Waals surface area contributed by atoms with Crippen LogP contribution in [-0.2, 0) is 19.2 Å². The summed E-state index contributed by atoms with van der Waals surface area (Å²) in [6.07, 6.45) is 35.8. The van der Waals surface area contributed by atoms with Crippen LogP contribution in [0.4, 0.5) is 0 Å². The highest BCUT2D eigenvalue weighted by Crippen LogP contribution is 2.56. The molecule has 10 nitrogen and oxygen atoms in total. The molecule has 14 aliphatic rings. The number of allylic oxidation sites excluding steroid dienone is 4. The normalized spacial score (nSPS) is 41.5. The molecule has 6 heterocycles. The maximum absolute atomic E-state index is 12.9. The number of nitrogens with zero attached hydrogens (tertiary/aromatic N) is 6. The number of hydrogen-bond donors (Lipinski definition) is 0. The Morgan fingerprint density at radius 2 is 0.703 bits per heavy atom. The molecular weight excluding hydrogens is 964 g/mol. The number of hydrogen-bond acceptors (Lipinski definition) is 6. The third-order valence-electron chi connectivity index (χ3n) is 23.3. The van der Waals surface area contributed by atoms with Crippen molar-refractivity contribution in [3.63, 3.8) is 0 Å². The van der Waals surface area contributed by atoms with E-state index in [-0.39, 0.29) is 47.3 Å². The van der Waals surface area contributed by atoms with Crippen molar-refractivity contribution in [2.75, 3.05) is 119 Å². The second kappa shape index (κ2) is 23.5. The van der Waals surface area contributed by atoms with Crippen molar-refractivity contribution in [2.45, 2.75) is 128 Å². The van der Waals surface area contributed by atoms with Crippen LogP contribution in [0, 0.1) is 94.7 Å². The Morgan fingerprint density at radius 1 is 0.405 bits per heavy atom. The van der Waals surface area contributed by atoms with Crippen LogP contribution in [0.1, 0.15) is 128 Å². The lowest BCUT2D eigenvalue weighted by molar-refractivity contribution is -0.910. The second-order valence-electron chi connectivity index (χ2n) is 27.9. The van der Waals surface area contributed by atoms with E-state index >= 15 is 0 Å². The predicted molar refractivity (Wildman–Crippen MR) is 296 cm³/mol. The van der Waals surface area contributed by atoms with E-state index in [1.165, 1.54) is 139 Å². The zero-order valence-corrected chi connectivity index (χ0v) is 47.6. The molecule has 2 amide bonds. The molecule has 74 heavy (non-hydrogen) atoms. The summed E-state index contributed by atoms with van der Waals surface area (Å²) in [6, 6.07) is 0. The van der Waals surface area contributed by atoms with Gasteiger partial charge in [0.2, 0.25) is 22.3 Å². The maximum atomic E-state index is 12.9. The van der Waals surface area contributed by atoms with Crippen molar-refractivity contribution in [3.05, 3.63) is 24.3 Å². The fourth-order valence-corrected chi connectivity index (χ4v) is 20.1. The maximum Gasteiger partial charge on any atom is 0.227 e. The molecule has 16 atom stereocenters. The highest BCUT2D eigenvalue weighted by molar-refractivity contribution is 6.67. The Labute approximate surface area is 457 Å². The van der Waals surface area contributed by atoms with Gasteiger partial charge in [-0.05, 0) is 211 Å². The van der Waals surface area contributed by atoms with Crippen LogP contribution in [-0.4, -0.2) is 170 Å². The number of carbonyl (C=O) groups is 4. The molecule has 6 saturated carbocycles. The summed E-state index contributed by atoms with van der Waals surface area (Å²) < 4.78 is 2.82. The summed E-state index contributed by atoms with van der Waals surface area (Å²) in [4.78, 5) is 57.5. The van der Waals surface area contributed by atoms with E-state index in [2.05, 4.69) is 36.0 Å². The smallest absolute Gasteiger partial charge is 0.227 e. The van der Waals surface area contributed by atoms with Gasteiger partial charge in [0.15, 0.2) is 0 Å². The first-order valence-corrected chi connectivity index (χ1v) is 32.0. The molecule has 16 unspecified atom stereocenters. The summed E-state index contributed by atoms with van der Waals surface area (Å²) in [5.41, 5.74) is 0. The van der Waals surface area contributed by atoms with Crippen LogP contribution in [0.25, 0.3) is 0 Å². The average Bonchev–Trinajstić information content (AvgIpc) is 4.22. The van der Waals surface area contributed by atoms with Gasteiger partial charge in [0, 0.05) is 76.8 Å². The first-order chi connectivity index (χ1) is 35.8. The lowest BCUT2D eigenvalue weighted by Crippen LogP contribution is -2.52. The van der Waals surface area contributed by atoms with Crippen molar-refractivity contribution in [3.8, 4) is 0 Å². The Balaban J connectivity index is 0.000000107. The molecule has 8 aliphatic carbocycles. The third kappa shape index (κ3) is 11.6. The molecule has 14 rings (SSSR count). The summed E-state index contributed by atoms with van der Waals surface area (Å²) in [5.74, 6) is 9.08. The summed E-state index contributed by atoms with van der Waals surface area (Å²) in [5, 5.41) is -0.869. The van der Waals surface area contributed by atoms with Gasteiger partial charge in [-0.1, -0.05) is 24.3 Å². The largest absolute Gasteiger partial charge is 0.342 e. The molecule has 412 valence electrons. The van der Waals surface area contributed by atoms with E-state index in [1.54, 1.807) is 38.5 Å². The predicted octanol–water partition coefficient (Wildman–Crippen LogP) is 9.59. The Hall–Kier alpha value is -1.82. The van der Waals surface area contributed by atoms with Gasteiger partial charge < -0.3 is 28.6 Å².